The van der Waals surface area contributed by atoms with Crippen molar-refractivity contribution in [2.24, 2.45) is 34.0 Å². The maximum Gasteiger partial charge on any atom is 0.316 e. The molecule has 4 rings (SSSR count). The van der Waals surface area contributed by atoms with Crippen molar-refractivity contribution >= 4 is 45.9 Å². The lowest BCUT2D eigenvalue weighted by Gasteiger charge is -2.61. The molecule has 246 valence electrons. The number of aromatic nitrogens is 1. The third-order valence-corrected chi connectivity index (χ3v) is 12.8. The Morgan fingerprint density at radius 2 is 1.95 bits per heavy atom. The summed E-state index contributed by atoms with van der Waals surface area (Å²) in [5.41, 5.74) is -0.803. The quantitative estimate of drug-likeness (QED) is 0.184. The number of aliphatic hydroxyl groups excluding tert-OH is 3. The molecule has 3 fully saturated rings. The van der Waals surface area contributed by atoms with Crippen LogP contribution in [0.2, 0.25) is 0 Å². The van der Waals surface area contributed by atoms with Crippen LogP contribution in [0.25, 0.3) is 0 Å². The van der Waals surface area contributed by atoms with Crippen molar-refractivity contribution in [3.8, 4) is 0 Å². The van der Waals surface area contributed by atoms with Gasteiger partial charge in [0, 0.05) is 47.4 Å². The summed E-state index contributed by atoms with van der Waals surface area (Å²) in [7, 11) is 0. The topological polar surface area (TPSA) is 149 Å². The number of ether oxygens (including phenoxy) is 1. The largest absolute Gasteiger partial charge is 0.461 e. The van der Waals surface area contributed by atoms with Gasteiger partial charge in [0.05, 0.1) is 37.3 Å². The van der Waals surface area contributed by atoms with E-state index in [0.29, 0.717) is 23.7 Å². The number of nitrogens with one attached hydrogen (secondary N) is 1. The minimum absolute atomic E-state index is 0.0315. The van der Waals surface area contributed by atoms with Gasteiger partial charge in [-0.25, -0.2) is 4.98 Å². The van der Waals surface area contributed by atoms with Crippen LogP contribution in [0, 0.1) is 34.0 Å². The van der Waals surface area contributed by atoms with Gasteiger partial charge in [0.2, 0.25) is 5.91 Å². The monoisotopic (exact) mass is 651 g/mol. The average Bonchev–Trinajstić information content (AvgIpc) is 3.58. The molecule has 44 heavy (non-hydrogen) atoms. The highest BCUT2D eigenvalue weighted by Crippen LogP contribution is 2.68. The fraction of sp³-hybridized carbons (Fsp3) is 0.750. The van der Waals surface area contributed by atoms with E-state index in [2.05, 4.69) is 37.7 Å². The van der Waals surface area contributed by atoms with E-state index >= 15 is 0 Å². The highest BCUT2D eigenvalue weighted by molar-refractivity contribution is 7.99. The number of rotatable bonds is 13. The van der Waals surface area contributed by atoms with E-state index in [1.807, 2.05) is 12.3 Å². The second-order valence-electron chi connectivity index (χ2n) is 13.5. The SMILES string of the molecule is C=C[C@]1(C)C[C@@H](OC(=O)CSCc2csc(NC(=O)CN(CCO)CCO)n2)[C@]2(C)C(C)CCC3(CCC(=O)C32)[C@@H](C)[C@@H]1O. The van der Waals surface area contributed by atoms with Gasteiger partial charge in [0.1, 0.15) is 11.9 Å². The highest BCUT2D eigenvalue weighted by atomic mass is 32.2. The molecule has 1 heterocycles. The van der Waals surface area contributed by atoms with E-state index in [1.165, 1.54) is 23.1 Å². The summed E-state index contributed by atoms with van der Waals surface area (Å²) < 4.78 is 6.31. The number of thiazole rings is 1. The normalized spacial score (nSPS) is 35.1. The van der Waals surface area contributed by atoms with Crippen LogP contribution in [0.15, 0.2) is 18.0 Å². The van der Waals surface area contributed by atoms with E-state index < -0.39 is 23.0 Å². The molecule has 0 spiro atoms. The first-order valence-electron chi connectivity index (χ1n) is 15.6. The zero-order valence-electron chi connectivity index (χ0n) is 26.4. The summed E-state index contributed by atoms with van der Waals surface area (Å²) in [5, 5.41) is 35.0. The molecule has 1 aromatic rings. The number of carbonyl (C=O) groups is 3. The number of Topliss-reactive ketones (excluding diaryl/α,β-unsaturated/α-hetero) is 1. The van der Waals surface area contributed by atoms with Crippen molar-refractivity contribution in [1.82, 2.24) is 9.88 Å². The van der Waals surface area contributed by atoms with Gasteiger partial charge < -0.3 is 25.4 Å². The number of thioether (sulfide) groups is 1. The van der Waals surface area contributed by atoms with Gasteiger partial charge in [-0.05, 0) is 42.9 Å². The Hall–Kier alpha value is -1.83. The van der Waals surface area contributed by atoms with E-state index in [0.717, 1.165) is 25.0 Å². The maximum absolute atomic E-state index is 13.6. The van der Waals surface area contributed by atoms with Crippen molar-refractivity contribution < 1.29 is 34.4 Å². The molecule has 2 bridgehead atoms. The van der Waals surface area contributed by atoms with Crippen LogP contribution < -0.4 is 5.32 Å². The zero-order chi connectivity index (χ0) is 32.3. The molecule has 0 aliphatic heterocycles. The van der Waals surface area contributed by atoms with Gasteiger partial charge in [-0.2, -0.15) is 0 Å². The summed E-state index contributed by atoms with van der Waals surface area (Å²) in [4.78, 5) is 45.4. The zero-order valence-corrected chi connectivity index (χ0v) is 28.1. The molecule has 0 aromatic carbocycles. The van der Waals surface area contributed by atoms with E-state index in [4.69, 9.17) is 14.9 Å². The number of hydrogen-bond donors (Lipinski definition) is 4. The number of ketones is 1. The molecule has 12 heteroatoms. The number of amides is 1. The number of hydrogen-bond acceptors (Lipinski definition) is 11. The predicted molar refractivity (Wildman–Crippen MR) is 172 cm³/mol. The number of aliphatic hydroxyl groups is 3. The number of nitrogens with zero attached hydrogens (tertiary/aromatic N) is 2. The van der Waals surface area contributed by atoms with Crippen molar-refractivity contribution in [2.45, 2.75) is 77.8 Å². The molecular formula is C32H49N3O7S2. The molecule has 3 saturated carbocycles. The molecule has 1 amide bonds. The summed E-state index contributed by atoms with van der Waals surface area (Å²) in [6.45, 7) is 12.8. The Balaban J connectivity index is 1.41. The molecule has 3 aliphatic carbocycles. The van der Waals surface area contributed by atoms with Gasteiger partial charge in [0.15, 0.2) is 5.13 Å². The number of anilines is 1. The molecule has 0 radical (unpaired) electrons. The summed E-state index contributed by atoms with van der Waals surface area (Å²) in [6, 6.07) is 0. The summed E-state index contributed by atoms with van der Waals surface area (Å²) >= 11 is 2.66. The Kier molecular flexibility index (Phi) is 11.4. The molecule has 3 unspecified atom stereocenters. The fourth-order valence-corrected chi connectivity index (χ4v) is 9.80. The molecular weight excluding hydrogens is 603 g/mol. The number of carbonyl (C=O) groups excluding carboxylic acids is 3. The summed E-state index contributed by atoms with van der Waals surface area (Å²) in [5.74, 6) is -0.0218. The van der Waals surface area contributed by atoms with Crippen molar-refractivity contribution in [3.63, 3.8) is 0 Å². The van der Waals surface area contributed by atoms with Crippen LogP contribution >= 0.6 is 23.1 Å². The first-order valence-corrected chi connectivity index (χ1v) is 17.7. The molecule has 1 aromatic heterocycles. The molecule has 0 saturated heterocycles. The first-order chi connectivity index (χ1) is 20.8. The Morgan fingerprint density at radius 1 is 1.25 bits per heavy atom. The van der Waals surface area contributed by atoms with E-state index in [1.54, 1.807) is 11.0 Å². The average molecular weight is 652 g/mol. The van der Waals surface area contributed by atoms with Crippen LogP contribution in [0.5, 0.6) is 0 Å². The molecule has 8 atom stereocenters. The van der Waals surface area contributed by atoms with Crippen LogP contribution in [-0.4, -0.2) is 93.7 Å². The summed E-state index contributed by atoms with van der Waals surface area (Å²) in [6.07, 6.45) is 4.05. The number of esters is 1. The fourth-order valence-electron chi connectivity index (χ4n) is 8.28. The van der Waals surface area contributed by atoms with Crippen LogP contribution in [0.1, 0.15) is 65.5 Å². The molecule has 10 nitrogen and oxygen atoms in total. The van der Waals surface area contributed by atoms with E-state index in [9.17, 15) is 19.5 Å². The van der Waals surface area contributed by atoms with Crippen molar-refractivity contribution in [3.05, 3.63) is 23.7 Å². The van der Waals surface area contributed by atoms with Gasteiger partial charge >= 0.3 is 5.97 Å². The maximum atomic E-state index is 13.6. The molecule has 3 aliphatic rings. The van der Waals surface area contributed by atoms with Crippen LogP contribution in [-0.2, 0) is 24.9 Å². The lowest BCUT2D eigenvalue weighted by molar-refractivity contribution is -0.205. The smallest absolute Gasteiger partial charge is 0.316 e. The van der Waals surface area contributed by atoms with Crippen LogP contribution in [0.3, 0.4) is 0 Å². The minimum atomic E-state index is -0.700. The standard InChI is InChI=1S/C32H49N3O7S2/c1-6-30(4)15-24(31(5)20(2)7-9-32(21(3)28(30)41)10-8-23(38)27(31)32)42-26(40)19-43-17-22-18-44-29(33-22)34-25(39)16-35(11-13-36)12-14-37/h6,18,20-21,24,27-28,36-37,41H,1,7-17,19H2,2-5H3,(H,33,34,39)/t20?,21-,24+,27?,28-,30+,31-,32?/m0/s1. The first kappa shape index (κ1) is 35.0. The Labute approximate surface area is 269 Å². The van der Waals surface area contributed by atoms with Gasteiger partial charge in [0.25, 0.3) is 0 Å². The third-order valence-electron chi connectivity index (χ3n) is 11.0. The lowest BCUT2D eigenvalue weighted by atomic mass is 9.44. The van der Waals surface area contributed by atoms with Gasteiger partial charge in [-0.15, -0.1) is 29.7 Å². The Bertz CT molecular complexity index is 1210. The predicted octanol–water partition coefficient (Wildman–Crippen LogP) is 3.51. The van der Waals surface area contributed by atoms with Crippen molar-refractivity contribution in [1.29, 1.82) is 0 Å². The molecule has 4 N–H and O–H groups in total. The van der Waals surface area contributed by atoms with Crippen LogP contribution in [0.4, 0.5) is 5.13 Å². The van der Waals surface area contributed by atoms with E-state index in [-0.39, 0.29) is 79.4 Å². The van der Waals surface area contributed by atoms with Gasteiger partial charge in [-0.1, -0.05) is 33.8 Å². The van der Waals surface area contributed by atoms with Gasteiger partial charge in [-0.3, -0.25) is 19.3 Å². The third kappa shape index (κ3) is 6.80. The second kappa shape index (κ2) is 14.3. The Morgan fingerprint density at radius 3 is 2.61 bits per heavy atom. The minimum Gasteiger partial charge on any atom is -0.461 e. The van der Waals surface area contributed by atoms with Crippen molar-refractivity contribution in [2.75, 3.05) is 43.9 Å². The lowest BCUT2D eigenvalue weighted by Crippen LogP contribution is -2.63. The second-order valence-corrected chi connectivity index (χ2v) is 15.3. The highest BCUT2D eigenvalue weighted by Gasteiger charge is 2.68.